The molecule has 12 heavy (non-hydrogen) atoms. The van der Waals surface area contributed by atoms with Crippen molar-refractivity contribution in [1.29, 1.82) is 0 Å². The molecule has 0 spiro atoms. The van der Waals surface area contributed by atoms with E-state index in [2.05, 4.69) is 25.7 Å². The Hall–Kier alpha value is -0.170. The molecule has 0 rings (SSSR count). The molecule has 0 saturated heterocycles. The predicted octanol–water partition coefficient (Wildman–Crippen LogP) is 2.96. The molecular formula is C8H18FO2P. The van der Waals surface area contributed by atoms with Crippen molar-refractivity contribution < 1.29 is 14.3 Å². The zero-order valence-electron chi connectivity index (χ0n) is 8.26. The standard InChI is InChI=1S/C6H15P.C2H3FO2/c1-4-7(5-2)6-3;1-2(4)5-3/h4-6H2,1-3H3;1H3. The Morgan fingerprint density at radius 2 is 1.50 bits per heavy atom. The van der Waals surface area contributed by atoms with Crippen LogP contribution in [0.3, 0.4) is 0 Å². The predicted molar refractivity (Wildman–Crippen MR) is 51.4 cm³/mol. The zero-order chi connectivity index (χ0) is 9.98. The van der Waals surface area contributed by atoms with Crippen LogP contribution in [-0.2, 0) is 9.74 Å². The van der Waals surface area contributed by atoms with Crippen molar-refractivity contribution in [2.75, 3.05) is 18.5 Å². The maximum Gasteiger partial charge on any atom is 0.345 e. The average molecular weight is 196 g/mol. The topological polar surface area (TPSA) is 26.3 Å². The van der Waals surface area contributed by atoms with Crippen LogP contribution in [0.2, 0.25) is 0 Å². The zero-order valence-corrected chi connectivity index (χ0v) is 9.16. The van der Waals surface area contributed by atoms with Crippen LogP contribution in [0.15, 0.2) is 0 Å². The summed E-state index contributed by atoms with van der Waals surface area (Å²) in [5, 5.41) is 0. The van der Waals surface area contributed by atoms with Crippen molar-refractivity contribution in [3.8, 4) is 0 Å². The number of hydrogen-bond donors (Lipinski definition) is 0. The lowest BCUT2D eigenvalue weighted by Crippen LogP contribution is -1.83. The summed E-state index contributed by atoms with van der Waals surface area (Å²) in [5.41, 5.74) is 0. The van der Waals surface area contributed by atoms with Gasteiger partial charge in [-0.2, -0.15) is 0 Å². The number of carbonyl (C=O) groups excluding carboxylic acids is 1. The molecule has 0 aromatic carbocycles. The van der Waals surface area contributed by atoms with E-state index in [1.165, 1.54) is 18.5 Å². The molecular weight excluding hydrogens is 178 g/mol. The van der Waals surface area contributed by atoms with Gasteiger partial charge < -0.3 is 0 Å². The molecule has 0 atom stereocenters. The van der Waals surface area contributed by atoms with Crippen LogP contribution in [0.25, 0.3) is 0 Å². The SMILES string of the molecule is CC(=O)OF.CCP(CC)CC. The van der Waals surface area contributed by atoms with E-state index in [-0.39, 0.29) is 0 Å². The average Bonchev–Trinajstić information content (AvgIpc) is 2.09. The molecule has 0 aliphatic rings. The highest BCUT2D eigenvalue weighted by molar-refractivity contribution is 7.57. The van der Waals surface area contributed by atoms with Crippen LogP contribution >= 0.6 is 7.92 Å². The van der Waals surface area contributed by atoms with Gasteiger partial charge in [-0.1, -0.05) is 20.8 Å². The van der Waals surface area contributed by atoms with Gasteiger partial charge in [-0.3, -0.25) is 4.94 Å². The lowest BCUT2D eigenvalue weighted by atomic mass is 10.9. The number of halogens is 1. The third-order valence-electron chi connectivity index (χ3n) is 1.45. The molecule has 0 heterocycles. The summed E-state index contributed by atoms with van der Waals surface area (Å²) in [7, 11) is 0.446. The van der Waals surface area contributed by atoms with Crippen LogP contribution in [-0.4, -0.2) is 24.5 Å². The second-order valence-corrected chi connectivity index (χ2v) is 5.43. The van der Waals surface area contributed by atoms with Gasteiger partial charge in [0.1, 0.15) is 0 Å². The Morgan fingerprint density at radius 1 is 1.25 bits per heavy atom. The Labute approximate surface area is 75.1 Å². The molecule has 0 unspecified atom stereocenters. The summed E-state index contributed by atoms with van der Waals surface area (Å²) in [4.78, 5) is 11.8. The lowest BCUT2D eigenvalue weighted by Gasteiger charge is -2.07. The number of rotatable bonds is 3. The Bertz CT molecular complexity index is 99.7. The lowest BCUT2D eigenvalue weighted by molar-refractivity contribution is -0.180. The highest BCUT2D eigenvalue weighted by atomic mass is 31.1. The van der Waals surface area contributed by atoms with Gasteiger partial charge in [0.05, 0.1) is 0 Å². The monoisotopic (exact) mass is 196 g/mol. The van der Waals surface area contributed by atoms with E-state index < -0.39 is 5.97 Å². The molecule has 2 nitrogen and oxygen atoms in total. The molecule has 0 radical (unpaired) electrons. The summed E-state index contributed by atoms with van der Waals surface area (Å²) in [6.45, 7) is 7.86. The van der Waals surface area contributed by atoms with Gasteiger partial charge in [0, 0.05) is 11.4 Å². The van der Waals surface area contributed by atoms with E-state index in [9.17, 15) is 9.32 Å². The highest BCUT2D eigenvalue weighted by Gasteiger charge is 1.94. The summed E-state index contributed by atoms with van der Waals surface area (Å²) in [6, 6.07) is 0. The normalized spacial score (nSPS) is 8.83. The van der Waals surface area contributed by atoms with E-state index >= 15 is 0 Å². The molecule has 0 aromatic rings. The first-order valence-electron chi connectivity index (χ1n) is 4.13. The molecule has 0 aliphatic carbocycles. The van der Waals surface area contributed by atoms with Crippen LogP contribution in [0.1, 0.15) is 27.7 Å². The van der Waals surface area contributed by atoms with Gasteiger partial charge in [-0.05, 0) is 18.5 Å². The fourth-order valence-corrected chi connectivity index (χ4v) is 2.01. The van der Waals surface area contributed by atoms with Crippen molar-refractivity contribution in [1.82, 2.24) is 0 Å². The van der Waals surface area contributed by atoms with E-state index in [1.807, 2.05) is 0 Å². The molecule has 0 N–H and O–H groups in total. The molecule has 4 heteroatoms. The van der Waals surface area contributed by atoms with Crippen LogP contribution in [0.4, 0.5) is 4.53 Å². The molecule has 74 valence electrons. The largest absolute Gasteiger partial charge is 0.345 e. The smallest absolute Gasteiger partial charge is 0.255 e. The molecule has 0 bridgehead atoms. The Kier molecular flexibility index (Phi) is 13.0. The maximum absolute atomic E-state index is 10.3. The van der Waals surface area contributed by atoms with E-state index in [4.69, 9.17) is 0 Å². The van der Waals surface area contributed by atoms with Crippen molar-refractivity contribution in [2.45, 2.75) is 27.7 Å². The third-order valence-corrected chi connectivity index (χ3v) is 4.13. The summed E-state index contributed by atoms with van der Waals surface area (Å²) in [6.07, 6.45) is 4.26. The van der Waals surface area contributed by atoms with Crippen LogP contribution in [0.5, 0.6) is 0 Å². The van der Waals surface area contributed by atoms with E-state index in [1.54, 1.807) is 0 Å². The minimum absolute atomic E-state index is 0.446. The molecule has 0 aliphatic heterocycles. The van der Waals surface area contributed by atoms with Crippen LogP contribution < -0.4 is 0 Å². The van der Waals surface area contributed by atoms with Crippen molar-refractivity contribution in [3.05, 3.63) is 0 Å². The quantitative estimate of drug-likeness (QED) is 0.648. The van der Waals surface area contributed by atoms with Gasteiger partial charge >= 0.3 is 5.97 Å². The van der Waals surface area contributed by atoms with E-state index in [0.717, 1.165) is 6.92 Å². The Balaban J connectivity index is 0. The summed E-state index contributed by atoms with van der Waals surface area (Å²) < 4.78 is 10.3. The fourth-order valence-electron chi connectivity index (χ4n) is 0.671. The number of carbonyl (C=O) groups is 1. The maximum atomic E-state index is 10.3. The molecule has 0 fully saturated rings. The summed E-state index contributed by atoms with van der Waals surface area (Å²) in [5.74, 6) is -0.912. The van der Waals surface area contributed by atoms with Gasteiger partial charge in [0.25, 0.3) is 0 Å². The van der Waals surface area contributed by atoms with Crippen molar-refractivity contribution in [2.24, 2.45) is 0 Å². The second kappa shape index (κ2) is 10.8. The highest BCUT2D eigenvalue weighted by Crippen LogP contribution is 2.32. The minimum atomic E-state index is -0.912. The summed E-state index contributed by atoms with van der Waals surface area (Å²) >= 11 is 0. The minimum Gasteiger partial charge on any atom is -0.255 e. The number of hydrogen-bond acceptors (Lipinski definition) is 2. The third kappa shape index (κ3) is 12.5. The van der Waals surface area contributed by atoms with Crippen LogP contribution in [0, 0.1) is 0 Å². The Morgan fingerprint density at radius 3 is 1.50 bits per heavy atom. The first-order chi connectivity index (χ1) is 5.62. The van der Waals surface area contributed by atoms with Gasteiger partial charge in [-0.25, -0.2) is 4.79 Å². The van der Waals surface area contributed by atoms with Gasteiger partial charge in [0.15, 0.2) is 0 Å². The first kappa shape index (κ1) is 14.4. The molecule has 0 amide bonds. The van der Waals surface area contributed by atoms with Gasteiger partial charge in [-0.15, -0.1) is 7.92 Å². The van der Waals surface area contributed by atoms with Crippen molar-refractivity contribution in [3.63, 3.8) is 0 Å². The molecule has 0 aromatic heterocycles. The molecule has 0 saturated carbocycles. The first-order valence-corrected chi connectivity index (χ1v) is 6.03. The van der Waals surface area contributed by atoms with Crippen molar-refractivity contribution >= 4 is 13.9 Å². The van der Waals surface area contributed by atoms with E-state index in [0.29, 0.717) is 7.92 Å². The second-order valence-electron chi connectivity index (χ2n) is 2.19. The van der Waals surface area contributed by atoms with Gasteiger partial charge in [0.2, 0.25) is 0 Å². The fraction of sp³-hybridized carbons (Fsp3) is 0.875.